The fraction of sp³-hybridized carbons (Fsp3) is 0.0556. The Morgan fingerprint density at radius 1 is 1.20 bits per heavy atom. The van der Waals surface area contributed by atoms with Gasteiger partial charge in [-0.1, -0.05) is 24.3 Å². The van der Waals surface area contributed by atoms with Crippen molar-refractivity contribution >= 4 is 33.0 Å². The molecule has 124 valence electrons. The zero-order valence-electron chi connectivity index (χ0n) is 13.0. The van der Waals surface area contributed by atoms with Crippen molar-refractivity contribution in [1.29, 1.82) is 0 Å². The standard InChI is InChI=1S/C18H13FN4OS/c19-14-5-3-7-16-13(14)8-17(25-16)18(24)22-15-6-2-1-4-12(15)9-23-11-20-10-21-23/h1-8,10-11H,9H2,(H,22,24). The van der Waals surface area contributed by atoms with Crippen LogP contribution in [-0.4, -0.2) is 20.7 Å². The van der Waals surface area contributed by atoms with Crippen LogP contribution >= 0.6 is 11.3 Å². The number of amides is 1. The molecule has 0 aliphatic carbocycles. The second kappa shape index (κ2) is 6.45. The summed E-state index contributed by atoms with van der Waals surface area (Å²) in [5, 5.41) is 7.46. The highest BCUT2D eigenvalue weighted by Gasteiger charge is 2.14. The van der Waals surface area contributed by atoms with E-state index in [0.29, 0.717) is 22.5 Å². The fourth-order valence-corrected chi connectivity index (χ4v) is 3.56. The van der Waals surface area contributed by atoms with Crippen LogP contribution in [0.4, 0.5) is 10.1 Å². The molecule has 4 aromatic rings. The average Bonchev–Trinajstić information content (AvgIpc) is 3.26. The van der Waals surface area contributed by atoms with Crippen LogP contribution in [0, 0.1) is 5.82 Å². The Morgan fingerprint density at radius 2 is 2.08 bits per heavy atom. The first-order valence-corrected chi connectivity index (χ1v) is 8.42. The van der Waals surface area contributed by atoms with Gasteiger partial charge in [-0.2, -0.15) is 5.10 Å². The Kier molecular flexibility index (Phi) is 3.99. The van der Waals surface area contributed by atoms with Crippen molar-refractivity contribution < 1.29 is 9.18 Å². The zero-order chi connectivity index (χ0) is 17.2. The first-order valence-electron chi connectivity index (χ1n) is 7.60. The molecule has 4 rings (SSSR count). The molecule has 0 atom stereocenters. The number of para-hydroxylation sites is 1. The number of carbonyl (C=O) groups is 1. The van der Waals surface area contributed by atoms with E-state index in [1.807, 2.05) is 24.3 Å². The molecule has 7 heteroatoms. The highest BCUT2D eigenvalue weighted by Crippen LogP contribution is 2.28. The van der Waals surface area contributed by atoms with Gasteiger partial charge in [0.1, 0.15) is 18.5 Å². The van der Waals surface area contributed by atoms with Crippen LogP contribution in [0.2, 0.25) is 0 Å². The number of carbonyl (C=O) groups excluding carboxylic acids is 1. The van der Waals surface area contributed by atoms with Crippen LogP contribution in [0.5, 0.6) is 0 Å². The number of fused-ring (bicyclic) bond motifs is 1. The third-order valence-electron chi connectivity index (χ3n) is 3.80. The van der Waals surface area contributed by atoms with E-state index in [1.165, 1.54) is 23.7 Å². The molecule has 0 radical (unpaired) electrons. The number of anilines is 1. The van der Waals surface area contributed by atoms with Crippen LogP contribution in [-0.2, 0) is 6.54 Å². The summed E-state index contributed by atoms with van der Waals surface area (Å²) in [4.78, 5) is 17.0. The Morgan fingerprint density at radius 3 is 2.88 bits per heavy atom. The normalized spacial score (nSPS) is 10.9. The monoisotopic (exact) mass is 352 g/mol. The molecule has 25 heavy (non-hydrogen) atoms. The van der Waals surface area contributed by atoms with Crippen molar-refractivity contribution in [3.63, 3.8) is 0 Å². The molecule has 0 aliphatic rings. The molecule has 2 aromatic carbocycles. The van der Waals surface area contributed by atoms with E-state index in [4.69, 9.17) is 0 Å². The number of thiophene rings is 1. The summed E-state index contributed by atoms with van der Waals surface area (Å²) in [5.74, 6) is -0.578. The Balaban J connectivity index is 1.61. The van der Waals surface area contributed by atoms with Gasteiger partial charge in [0, 0.05) is 15.8 Å². The first kappa shape index (κ1) is 15.5. The van der Waals surface area contributed by atoms with Crippen molar-refractivity contribution in [1.82, 2.24) is 14.8 Å². The smallest absolute Gasteiger partial charge is 0.265 e. The third-order valence-corrected chi connectivity index (χ3v) is 4.90. The first-order chi connectivity index (χ1) is 12.2. The van der Waals surface area contributed by atoms with Crippen LogP contribution in [0.25, 0.3) is 10.1 Å². The van der Waals surface area contributed by atoms with Crippen molar-refractivity contribution in [2.45, 2.75) is 6.54 Å². The van der Waals surface area contributed by atoms with Crippen LogP contribution in [0.15, 0.2) is 61.2 Å². The van der Waals surface area contributed by atoms with E-state index < -0.39 is 0 Å². The summed E-state index contributed by atoms with van der Waals surface area (Å²) in [6, 6.07) is 13.9. The number of nitrogens with zero attached hydrogens (tertiary/aromatic N) is 3. The average molecular weight is 352 g/mol. The summed E-state index contributed by atoms with van der Waals surface area (Å²) in [7, 11) is 0. The molecule has 5 nitrogen and oxygen atoms in total. The molecule has 0 unspecified atom stereocenters. The Hall–Kier alpha value is -3.06. The van der Waals surface area contributed by atoms with Crippen molar-refractivity contribution in [2.24, 2.45) is 0 Å². The van der Waals surface area contributed by atoms with Crippen molar-refractivity contribution in [3.8, 4) is 0 Å². The lowest BCUT2D eigenvalue weighted by atomic mass is 10.1. The number of benzene rings is 2. The molecule has 0 bridgehead atoms. The lowest BCUT2D eigenvalue weighted by Crippen LogP contribution is -2.13. The van der Waals surface area contributed by atoms with Crippen LogP contribution in [0.1, 0.15) is 15.2 Å². The second-order valence-electron chi connectivity index (χ2n) is 5.47. The Bertz CT molecular complexity index is 1040. The van der Waals surface area contributed by atoms with Crippen LogP contribution < -0.4 is 5.32 Å². The zero-order valence-corrected chi connectivity index (χ0v) is 13.8. The van der Waals surface area contributed by atoms with Gasteiger partial charge in [0.05, 0.1) is 11.4 Å². The summed E-state index contributed by atoms with van der Waals surface area (Å²) < 4.78 is 16.3. The van der Waals surface area contributed by atoms with Gasteiger partial charge < -0.3 is 5.32 Å². The minimum atomic E-state index is -0.320. The highest BCUT2D eigenvalue weighted by atomic mass is 32.1. The second-order valence-corrected chi connectivity index (χ2v) is 6.55. The molecular weight excluding hydrogens is 339 g/mol. The summed E-state index contributed by atoms with van der Waals surface area (Å²) >= 11 is 1.27. The van der Waals surface area contributed by atoms with Crippen LogP contribution in [0.3, 0.4) is 0 Å². The molecule has 0 spiro atoms. The van der Waals surface area contributed by atoms with Gasteiger partial charge >= 0.3 is 0 Å². The molecule has 0 saturated heterocycles. The van der Waals surface area contributed by atoms with E-state index in [0.717, 1.165) is 10.3 Å². The molecule has 0 fully saturated rings. The number of nitrogens with one attached hydrogen (secondary N) is 1. The van der Waals surface area contributed by atoms with Gasteiger partial charge in [0.2, 0.25) is 0 Å². The van der Waals surface area contributed by atoms with E-state index >= 15 is 0 Å². The summed E-state index contributed by atoms with van der Waals surface area (Å²) in [6.45, 7) is 0.498. The molecule has 1 amide bonds. The fourth-order valence-electron chi connectivity index (χ4n) is 2.59. The summed E-state index contributed by atoms with van der Waals surface area (Å²) in [5.41, 5.74) is 1.61. The molecule has 2 heterocycles. The van der Waals surface area contributed by atoms with Gasteiger partial charge in [-0.3, -0.25) is 4.79 Å². The molecule has 1 N–H and O–H groups in total. The van der Waals surface area contributed by atoms with Gasteiger partial charge in [0.25, 0.3) is 5.91 Å². The Labute approximate surface area is 146 Å². The molecule has 2 aromatic heterocycles. The largest absolute Gasteiger partial charge is 0.321 e. The van der Waals surface area contributed by atoms with E-state index in [1.54, 1.807) is 29.2 Å². The molecule has 0 aliphatic heterocycles. The van der Waals surface area contributed by atoms with Crippen molar-refractivity contribution in [2.75, 3.05) is 5.32 Å². The number of hydrogen-bond donors (Lipinski definition) is 1. The number of aromatic nitrogens is 3. The van der Waals surface area contributed by atoms with Gasteiger partial charge in [0.15, 0.2) is 0 Å². The van der Waals surface area contributed by atoms with E-state index in [9.17, 15) is 9.18 Å². The molecule has 0 saturated carbocycles. The maximum absolute atomic E-state index is 13.8. The maximum Gasteiger partial charge on any atom is 0.265 e. The lowest BCUT2D eigenvalue weighted by molar-refractivity contribution is 0.103. The predicted molar refractivity (Wildman–Crippen MR) is 95.3 cm³/mol. The summed E-state index contributed by atoms with van der Waals surface area (Å²) in [6.07, 6.45) is 3.08. The maximum atomic E-state index is 13.8. The van der Waals surface area contributed by atoms with Gasteiger partial charge in [-0.25, -0.2) is 14.1 Å². The molecular formula is C18H13FN4OS. The SMILES string of the molecule is O=C(Nc1ccccc1Cn1cncn1)c1cc2c(F)cccc2s1. The van der Waals surface area contributed by atoms with Gasteiger partial charge in [-0.05, 0) is 29.8 Å². The topological polar surface area (TPSA) is 59.8 Å². The van der Waals surface area contributed by atoms with E-state index in [-0.39, 0.29) is 11.7 Å². The van der Waals surface area contributed by atoms with E-state index in [2.05, 4.69) is 15.4 Å². The quantitative estimate of drug-likeness (QED) is 0.605. The number of halogens is 1. The highest BCUT2D eigenvalue weighted by molar-refractivity contribution is 7.20. The number of rotatable bonds is 4. The predicted octanol–water partition coefficient (Wildman–Crippen LogP) is 3.93. The minimum absolute atomic E-state index is 0.258. The third kappa shape index (κ3) is 3.14. The lowest BCUT2D eigenvalue weighted by Gasteiger charge is -2.10. The number of hydrogen-bond acceptors (Lipinski definition) is 4. The minimum Gasteiger partial charge on any atom is -0.321 e. The van der Waals surface area contributed by atoms with Crippen molar-refractivity contribution in [3.05, 3.63) is 77.4 Å². The van der Waals surface area contributed by atoms with Gasteiger partial charge in [-0.15, -0.1) is 11.3 Å².